The molecule has 0 aromatic heterocycles. The molecule has 0 saturated carbocycles. The molecule has 1 fully saturated rings. The lowest BCUT2D eigenvalue weighted by Crippen LogP contribution is -2.61. The van der Waals surface area contributed by atoms with Crippen molar-refractivity contribution in [3.8, 4) is 0 Å². The molecule has 1 saturated heterocycles. The van der Waals surface area contributed by atoms with E-state index in [-0.39, 0.29) is 23.7 Å². The van der Waals surface area contributed by atoms with Crippen LogP contribution < -0.4 is 10.6 Å². The number of nitrogens with one attached hydrogen (secondary N) is 2. The number of aliphatic hydroxyl groups excluding tert-OH is 1. The molecule has 4 atom stereocenters. The molecule has 0 aromatic carbocycles. The molecule has 1 aliphatic heterocycles. The Hall–Kier alpha value is -0.850. The smallest absolute Gasteiger partial charge is 0.317 e. The number of urea groups is 1. The molecule has 3 N–H and O–H groups in total. The third-order valence-corrected chi connectivity index (χ3v) is 3.08. The summed E-state index contributed by atoms with van der Waals surface area (Å²) >= 11 is 0. The zero-order valence-electron chi connectivity index (χ0n) is 12.7. The van der Waals surface area contributed by atoms with E-state index in [1.807, 2.05) is 46.7 Å². The van der Waals surface area contributed by atoms with E-state index in [2.05, 4.69) is 10.6 Å². The Labute approximate surface area is 115 Å². The maximum atomic E-state index is 11.8. The highest BCUT2D eigenvalue weighted by Crippen LogP contribution is 2.21. The standard InChI is InChI=1S/C13H27N3O3/c1-8-7-9(16(5)6)10(17)11(19-8)14-12(18)15-13(2,3)4/h8-11,17H,7H2,1-6H3,(H2,14,15,18)/t8?,9-,10+,11?/m0/s1. The number of carbonyl (C=O) groups excluding carboxylic acids is 1. The molecule has 0 aromatic rings. The molecular formula is C13H27N3O3. The normalized spacial score (nSPS) is 32.2. The first-order valence-electron chi connectivity index (χ1n) is 6.69. The molecule has 1 heterocycles. The minimum Gasteiger partial charge on any atom is -0.387 e. The lowest BCUT2D eigenvalue weighted by atomic mass is 9.98. The Kier molecular flexibility index (Phi) is 5.18. The zero-order chi connectivity index (χ0) is 14.8. The third kappa shape index (κ3) is 4.97. The molecule has 112 valence electrons. The second kappa shape index (κ2) is 6.07. The van der Waals surface area contributed by atoms with E-state index >= 15 is 0 Å². The minimum atomic E-state index is -0.739. The molecular weight excluding hydrogens is 246 g/mol. The van der Waals surface area contributed by atoms with E-state index in [4.69, 9.17) is 4.74 Å². The van der Waals surface area contributed by atoms with Crippen LogP contribution in [0.15, 0.2) is 0 Å². The van der Waals surface area contributed by atoms with Gasteiger partial charge in [0.1, 0.15) is 6.10 Å². The van der Waals surface area contributed by atoms with Crippen LogP contribution >= 0.6 is 0 Å². The monoisotopic (exact) mass is 273 g/mol. The van der Waals surface area contributed by atoms with Crippen LogP contribution in [0.3, 0.4) is 0 Å². The van der Waals surface area contributed by atoms with Crippen molar-refractivity contribution in [1.82, 2.24) is 15.5 Å². The molecule has 0 bridgehead atoms. The van der Waals surface area contributed by atoms with E-state index < -0.39 is 12.3 Å². The number of hydrogen-bond acceptors (Lipinski definition) is 4. The molecule has 2 unspecified atom stereocenters. The number of rotatable bonds is 2. The molecule has 0 spiro atoms. The van der Waals surface area contributed by atoms with Crippen molar-refractivity contribution in [2.24, 2.45) is 0 Å². The van der Waals surface area contributed by atoms with Gasteiger partial charge in [0.25, 0.3) is 0 Å². The average molecular weight is 273 g/mol. The first-order chi connectivity index (χ1) is 8.60. The molecule has 2 amide bonds. The van der Waals surface area contributed by atoms with Gasteiger partial charge in [-0.05, 0) is 48.2 Å². The van der Waals surface area contributed by atoms with Crippen molar-refractivity contribution in [1.29, 1.82) is 0 Å². The van der Waals surface area contributed by atoms with Crippen LogP contribution in [0.25, 0.3) is 0 Å². The zero-order valence-corrected chi connectivity index (χ0v) is 12.7. The van der Waals surface area contributed by atoms with Gasteiger partial charge in [-0.25, -0.2) is 4.79 Å². The summed E-state index contributed by atoms with van der Waals surface area (Å²) in [5.74, 6) is 0. The van der Waals surface area contributed by atoms with E-state index in [1.54, 1.807) is 0 Å². The topological polar surface area (TPSA) is 73.8 Å². The summed E-state index contributed by atoms with van der Waals surface area (Å²) < 4.78 is 5.62. The second-order valence-corrected chi connectivity index (χ2v) is 6.47. The molecule has 6 heteroatoms. The largest absolute Gasteiger partial charge is 0.387 e. The van der Waals surface area contributed by atoms with Gasteiger partial charge in [0.2, 0.25) is 0 Å². The Morgan fingerprint density at radius 2 is 1.95 bits per heavy atom. The van der Waals surface area contributed by atoms with Crippen molar-refractivity contribution >= 4 is 6.03 Å². The third-order valence-electron chi connectivity index (χ3n) is 3.08. The highest BCUT2D eigenvalue weighted by molar-refractivity contribution is 5.74. The van der Waals surface area contributed by atoms with E-state index in [0.29, 0.717) is 0 Å². The van der Waals surface area contributed by atoms with Crippen molar-refractivity contribution in [3.63, 3.8) is 0 Å². The summed E-state index contributed by atoms with van der Waals surface area (Å²) in [6.07, 6.45) is -0.682. The van der Waals surface area contributed by atoms with Crippen LogP contribution in [0.5, 0.6) is 0 Å². The van der Waals surface area contributed by atoms with Crippen molar-refractivity contribution < 1.29 is 14.6 Å². The Balaban J connectivity index is 2.63. The van der Waals surface area contributed by atoms with Gasteiger partial charge in [0.05, 0.1) is 6.10 Å². The van der Waals surface area contributed by atoms with Gasteiger partial charge in [-0.3, -0.25) is 0 Å². The number of likely N-dealkylation sites (N-methyl/N-ethyl adjacent to an activating group) is 1. The SMILES string of the molecule is CC1C[C@H](N(C)C)[C@@H](O)C(NC(=O)NC(C)(C)C)O1. The Morgan fingerprint density at radius 3 is 2.42 bits per heavy atom. The van der Waals surface area contributed by atoms with Crippen molar-refractivity contribution in [2.45, 2.75) is 64.1 Å². The number of carbonyl (C=O) groups is 1. The molecule has 0 aliphatic carbocycles. The van der Waals surface area contributed by atoms with Crippen LogP contribution in [0.1, 0.15) is 34.1 Å². The van der Waals surface area contributed by atoms with Crippen molar-refractivity contribution in [3.05, 3.63) is 0 Å². The average Bonchev–Trinajstić information content (AvgIpc) is 2.19. The Bertz CT molecular complexity index is 315. The predicted octanol–water partition coefficient (Wildman–Crippen LogP) is 0.510. The number of hydrogen-bond donors (Lipinski definition) is 3. The molecule has 0 radical (unpaired) electrons. The van der Waals surface area contributed by atoms with Crippen LogP contribution in [-0.2, 0) is 4.74 Å². The van der Waals surface area contributed by atoms with Gasteiger partial charge in [0.15, 0.2) is 6.23 Å². The van der Waals surface area contributed by atoms with E-state index in [1.165, 1.54) is 0 Å². The molecule has 1 aliphatic rings. The number of amides is 2. The number of ether oxygens (including phenoxy) is 1. The van der Waals surface area contributed by atoms with Gasteiger partial charge in [-0.1, -0.05) is 0 Å². The summed E-state index contributed by atoms with van der Waals surface area (Å²) in [6, 6.07) is -0.355. The quantitative estimate of drug-likeness (QED) is 0.685. The maximum Gasteiger partial charge on any atom is 0.317 e. The fourth-order valence-electron chi connectivity index (χ4n) is 2.21. The second-order valence-electron chi connectivity index (χ2n) is 6.47. The lowest BCUT2D eigenvalue weighted by Gasteiger charge is -2.41. The number of aliphatic hydroxyl groups is 1. The maximum absolute atomic E-state index is 11.8. The van der Waals surface area contributed by atoms with E-state index in [9.17, 15) is 9.90 Å². The number of nitrogens with zero attached hydrogens (tertiary/aromatic N) is 1. The van der Waals surface area contributed by atoms with Gasteiger partial charge in [-0.15, -0.1) is 0 Å². The van der Waals surface area contributed by atoms with Gasteiger partial charge in [0, 0.05) is 11.6 Å². The summed E-state index contributed by atoms with van der Waals surface area (Å²) in [7, 11) is 3.83. The lowest BCUT2D eigenvalue weighted by molar-refractivity contribution is -0.149. The summed E-state index contributed by atoms with van der Waals surface area (Å²) in [6.45, 7) is 7.64. The van der Waals surface area contributed by atoms with Gasteiger partial charge in [-0.2, -0.15) is 0 Å². The summed E-state index contributed by atoms with van der Waals surface area (Å²) in [4.78, 5) is 13.8. The van der Waals surface area contributed by atoms with Crippen LogP contribution in [-0.4, -0.2) is 60.1 Å². The minimum absolute atomic E-state index is 0.00395. The first-order valence-corrected chi connectivity index (χ1v) is 6.69. The van der Waals surface area contributed by atoms with Crippen LogP contribution in [0.2, 0.25) is 0 Å². The highest BCUT2D eigenvalue weighted by Gasteiger charge is 2.38. The first kappa shape index (κ1) is 16.2. The predicted molar refractivity (Wildman–Crippen MR) is 73.9 cm³/mol. The fourth-order valence-corrected chi connectivity index (χ4v) is 2.21. The molecule has 1 rings (SSSR count). The van der Waals surface area contributed by atoms with Crippen molar-refractivity contribution in [2.75, 3.05) is 14.1 Å². The van der Waals surface area contributed by atoms with Gasteiger partial charge >= 0.3 is 6.03 Å². The molecule has 19 heavy (non-hydrogen) atoms. The molecule has 6 nitrogen and oxygen atoms in total. The highest BCUT2D eigenvalue weighted by atomic mass is 16.5. The fraction of sp³-hybridized carbons (Fsp3) is 0.923. The Morgan fingerprint density at radius 1 is 1.37 bits per heavy atom. The van der Waals surface area contributed by atoms with Crippen LogP contribution in [0.4, 0.5) is 4.79 Å². The van der Waals surface area contributed by atoms with Gasteiger partial charge < -0.3 is 25.4 Å². The summed E-state index contributed by atoms with van der Waals surface area (Å²) in [5.41, 5.74) is -0.323. The van der Waals surface area contributed by atoms with E-state index in [0.717, 1.165) is 6.42 Å². The van der Waals surface area contributed by atoms with Crippen LogP contribution in [0, 0.1) is 0 Å². The summed E-state index contributed by atoms with van der Waals surface area (Å²) in [5, 5.41) is 15.7.